The SMILES string of the molecule is Cc1cc(-c2ncccc2NC(=O)N2CCC(C(=O)O)C2)cs1. The summed E-state index contributed by atoms with van der Waals surface area (Å²) in [5.41, 5.74) is 2.32. The Kier molecular flexibility index (Phi) is 4.29. The number of amides is 2. The Hall–Kier alpha value is -2.41. The molecule has 0 saturated carbocycles. The number of hydrogen-bond donors (Lipinski definition) is 2. The fraction of sp³-hybridized carbons (Fsp3) is 0.312. The lowest BCUT2D eigenvalue weighted by molar-refractivity contribution is -0.141. The molecule has 1 unspecified atom stereocenters. The van der Waals surface area contributed by atoms with Crippen molar-refractivity contribution in [3.63, 3.8) is 0 Å². The molecule has 1 aliphatic heterocycles. The number of aryl methyl sites for hydroxylation is 1. The Morgan fingerprint density at radius 1 is 1.48 bits per heavy atom. The van der Waals surface area contributed by atoms with Crippen LogP contribution in [0, 0.1) is 12.8 Å². The Morgan fingerprint density at radius 3 is 2.96 bits per heavy atom. The molecule has 1 saturated heterocycles. The second kappa shape index (κ2) is 6.37. The molecule has 0 spiro atoms. The van der Waals surface area contributed by atoms with Crippen LogP contribution in [0.1, 0.15) is 11.3 Å². The Balaban J connectivity index is 1.76. The van der Waals surface area contributed by atoms with Crippen LogP contribution < -0.4 is 5.32 Å². The van der Waals surface area contributed by atoms with Crippen LogP contribution in [0.15, 0.2) is 29.8 Å². The van der Waals surface area contributed by atoms with Gasteiger partial charge in [0, 0.05) is 35.1 Å². The second-order valence-electron chi connectivity index (χ2n) is 5.55. The quantitative estimate of drug-likeness (QED) is 0.905. The van der Waals surface area contributed by atoms with Crippen molar-refractivity contribution in [1.29, 1.82) is 0 Å². The molecule has 0 radical (unpaired) electrons. The van der Waals surface area contributed by atoms with Crippen molar-refractivity contribution < 1.29 is 14.7 Å². The zero-order valence-corrected chi connectivity index (χ0v) is 13.5. The second-order valence-corrected chi connectivity index (χ2v) is 6.66. The van der Waals surface area contributed by atoms with Gasteiger partial charge >= 0.3 is 12.0 Å². The highest BCUT2D eigenvalue weighted by molar-refractivity contribution is 7.10. The van der Waals surface area contributed by atoms with Crippen molar-refractivity contribution >= 4 is 29.0 Å². The molecule has 3 heterocycles. The standard InChI is InChI=1S/C16H17N3O3S/c1-10-7-12(9-23-10)14-13(3-2-5-17-14)18-16(22)19-6-4-11(8-19)15(20)21/h2-3,5,7,9,11H,4,6,8H2,1H3,(H,18,22)(H,20,21). The van der Waals surface area contributed by atoms with Gasteiger partial charge in [0.15, 0.2) is 0 Å². The number of urea groups is 1. The maximum absolute atomic E-state index is 12.4. The molecular weight excluding hydrogens is 314 g/mol. The monoisotopic (exact) mass is 331 g/mol. The number of likely N-dealkylation sites (tertiary alicyclic amines) is 1. The molecule has 1 aliphatic rings. The maximum Gasteiger partial charge on any atom is 0.321 e. The zero-order chi connectivity index (χ0) is 16.4. The molecule has 120 valence electrons. The summed E-state index contributed by atoms with van der Waals surface area (Å²) >= 11 is 1.63. The van der Waals surface area contributed by atoms with Gasteiger partial charge < -0.3 is 15.3 Å². The van der Waals surface area contributed by atoms with E-state index in [0.29, 0.717) is 18.7 Å². The molecule has 2 N–H and O–H groups in total. The van der Waals surface area contributed by atoms with Crippen LogP contribution >= 0.6 is 11.3 Å². The zero-order valence-electron chi connectivity index (χ0n) is 12.7. The highest BCUT2D eigenvalue weighted by Crippen LogP contribution is 2.29. The smallest absolute Gasteiger partial charge is 0.321 e. The van der Waals surface area contributed by atoms with Crippen molar-refractivity contribution in [3.05, 3.63) is 34.7 Å². The fourth-order valence-electron chi connectivity index (χ4n) is 2.64. The molecule has 6 nitrogen and oxygen atoms in total. The number of rotatable bonds is 3. The van der Waals surface area contributed by atoms with Crippen LogP contribution in [-0.2, 0) is 4.79 Å². The number of nitrogens with zero attached hydrogens (tertiary/aromatic N) is 2. The summed E-state index contributed by atoms with van der Waals surface area (Å²) in [5, 5.41) is 13.9. The van der Waals surface area contributed by atoms with Crippen LogP contribution in [0.25, 0.3) is 11.3 Å². The number of aromatic nitrogens is 1. The number of carboxylic acids is 1. The highest BCUT2D eigenvalue weighted by Gasteiger charge is 2.31. The van der Waals surface area contributed by atoms with Gasteiger partial charge in [-0.1, -0.05) is 0 Å². The largest absolute Gasteiger partial charge is 0.481 e. The topological polar surface area (TPSA) is 82.5 Å². The van der Waals surface area contributed by atoms with Crippen molar-refractivity contribution in [1.82, 2.24) is 9.88 Å². The number of carbonyl (C=O) groups excluding carboxylic acids is 1. The summed E-state index contributed by atoms with van der Waals surface area (Å²) in [6, 6.07) is 5.31. The van der Waals surface area contributed by atoms with E-state index in [1.807, 2.05) is 18.4 Å². The third-order valence-corrected chi connectivity index (χ3v) is 4.74. The molecule has 7 heteroatoms. The van der Waals surface area contributed by atoms with E-state index < -0.39 is 11.9 Å². The third-order valence-electron chi connectivity index (χ3n) is 3.88. The van der Waals surface area contributed by atoms with E-state index in [0.717, 1.165) is 11.3 Å². The lowest BCUT2D eigenvalue weighted by Gasteiger charge is -2.17. The van der Waals surface area contributed by atoms with Gasteiger partial charge in [0.2, 0.25) is 0 Å². The normalized spacial score (nSPS) is 17.3. The third kappa shape index (κ3) is 3.34. The molecule has 0 bridgehead atoms. The molecule has 1 fully saturated rings. The van der Waals surface area contributed by atoms with E-state index in [2.05, 4.69) is 10.3 Å². The molecule has 1 atom stereocenters. The molecule has 0 aromatic carbocycles. The van der Waals surface area contributed by atoms with E-state index in [-0.39, 0.29) is 12.6 Å². The van der Waals surface area contributed by atoms with Gasteiger partial charge in [0.1, 0.15) is 0 Å². The number of pyridine rings is 1. The number of thiophene rings is 1. The molecule has 2 amide bonds. The number of hydrogen-bond acceptors (Lipinski definition) is 4. The van der Waals surface area contributed by atoms with Gasteiger partial charge in [0.05, 0.1) is 17.3 Å². The first-order chi connectivity index (χ1) is 11.0. The van der Waals surface area contributed by atoms with Crippen molar-refractivity contribution in [2.75, 3.05) is 18.4 Å². The van der Waals surface area contributed by atoms with Gasteiger partial charge in [-0.15, -0.1) is 11.3 Å². The van der Waals surface area contributed by atoms with Gasteiger partial charge in [0.25, 0.3) is 0 Å². The van der Waals surface area contributed by atoms with Gasteiger partial charge in [-0.05, 0) is 31.5 Å². The van der Waals surface area contributed by atoms with Crippen LogP contribution in [-0.4, -0.2) is 40.1 Å². The van der Waals surface area contributed by atoms with Crippen LogP contribution in [0.3, 0.4) is 0 Å². The molecule has 0 aliphatic carbocycles. The van der Waals surface area contributed by atoms with Gasteiger partial charge in [-0.3, -0.25) is 9.78 Å². The Bertz CT molecular complexity index is 744. The first-order valence-corrected chi connectivity index (χ1v) is 8.22. The van der Waals surface area contributed by atoms with Crippen LogP contribution in [0.5, 0.6) is 0 Å². The summed E-state index contributed by atoms with van der Waals surface area (Å²) in [6.07, 6.45) is 2.18. The Morgan fingerprint density at radius 2 is 2.30 bits per heavy atom. The molecule has 2 aromatic heterocycles. The number of aliphatic carboxylic acids is 1. The predicted molar refractivity (Wildman–Crippen MR) is 88.6 cm³/mol. The molecule has 3 rings (SSSR count). The highest BCUT2D eigenvalue weighted by atomic mass is 32.1. The first kappa shape index (κ1) is 15.5. The molecule has 2 aromatic rings. The average Bonchev–Trinajstić information content (AvgIpc) is 3.17. The molecule has 23 heavy (non-hydrogen) atoms. The van der Waals surface area contributed by atoms with E-state index >= 15 is 0 Å². The maximum atomic E-state index is 12.4. The summed E-state index contributed by atoms with van der Waals surface area (Å²) in [5.74, 6) is -1.33. The lowest BCUT2D eigenvalue weighted by Crippen LogP contribution is -2.34. The molecular formula is C16H17N3O3S. The van der Waals surface area contributed by atoms with Crippen LogP contribution in [0.2, 0.25) is 0 Å². The first-order valence-electron chi connectivity index (χ1n) is 7.34. The minimum absolute atomic E-state index is 0.244. The van der Waals surface area contributed by atoms with Gasteiger partial charge in [-0.2, -0.15) is 0 Å². The summed E-state index contributed by atoms with van der Waals surface area (Å²) in [6.45, 7) is 2.72. The van der Waals surface area contributed by atoms with E-state index in [1.54, 1.807) is 29.7 Å². The summed E-state index contributed by atoms with van der Waals surface area (Å²) in [4.78, 5) is 30.4. The van der Waals surface area contributed by atoms with E-state index in [4.69, 9.17) is 5.11 Å². The Labute approximate surface area is 137 Å². The number of anilines is 1. The van der Waals surface area contributed by atoms with E-state index in [9.17, 15) is 9.59 Å². The number of carbonyl (C=O) groups is 2. The average molecular weight is 331 g/mol. The van der Waals surface area contributed by atoms with Crippen molar-refractivity contribution in [2.24, 2.45) is 5.92 Å². The summed E-state index contributed by atoms with van der Waals surface area (Å²) in [7, 11) is 0. The van der Waals surface area contributed by atoms with Crippen molar-refractivity contribution in [3.8, 4) is 11.3 Å². The summed E-state index contributed by atoms with van der Waals surface area (Å²) < 4.78 is 0. The van der Waals surface area contributed by atoms with Crippen molar-refractivity contribution in [2.45, 2.75) is 13.3 Å². The minimum atomic E-state index is -0.851. The fourth-order valence-corrected chi connectivity index (χ4v) is 3.33. The predicted octanol–water partition coefficient (Wildman–Crippen LogP) is 3.06. The number of carboxylic acid groups (broad SMARTS) is 1. The lowest BCUT2D eigenvalue weighted by atomic mass is 10.1. The number of nitrogens with one attached hydrogen (secondary N) is 1. The van der Waals surface area contributed by atoms with Crippen LogP contribution in [0.4, 0.5) is 10.5 Å². The minimum Gasteiger partial charge on any atom is -0.481 e. The van der Waals surface area contributed by atoms with E-state index in [1.165, 1.54) is 9.78 Å². The van der Waals surface area contributed by atoms with Gasteiger partial charge in [-0.25, -0.2) is 4.79 Å².